The normalized spacial score (nSPS) is 12.1. The Morgan fingerprint density at radius 2 is 2.32 bits per heavy atom. The Hall–Kier alpha value is -1.38. The van der Waals surface area contributed by atoms with Crippen molar-refractivity contribution in [2.45, 2.75) is 19.8 Å². The summed E-state index contributed by atoms with van der Waals surface area (Å²) in [5.74, 6) is 1.27. The highest BCUT2D eigenvalue weighted by Gasteiger charge is 2.12. The first kappa shape index (κ1) is 14.0. The van der Waals surface area contributed by atoms with E-state index >= 15 is 0 Å². The van der Waals surface area contributed by atoms with Crippen molar-refractivity contribution in [3.05, 3.63) is 33.6 Å². The second-order valence-electron chi connectivity index (χ2n) is 4.31. The van der Waals surface area contributed by atoms with Gasteiger partial charge in [-0.1, -0.05) is 23.7 Å². The Balaban J connectivity index is 2.16. The maximum Gasteiger partial charge on any atom is 0.227 e. The first-order chi connectivity index (χ1) is 9.10. The molecule has 0 bridgehead atoms. The maximum atomic E-state index is 8.62. The summed E-state index contributed by atoms with van der Waals surface area (Å²) in [5.41, 5.74) is 0.833. The van der Waals surface area contributed by atoms with Crippen molar-refractivity contribution in [3.8, 4) is 17.5 Å². The number of nitrogens with zero attached hydrogens (tertiary/aromatic N) is 3. The number of benzene rings is 1. The number of rotatable bonds is 4. The largest absolute Gasteiger partial charge is 0.339 e. The summed E-state index contributed by atoms with van der Waals surface area (Å²) in [6.07, 6.45) is 1.08. The molecule has 1 atom stereocenters. The predicted molar refractivity (Wildman–Crippen MR) is 75.5 cm³/mol. The quantitative estimate of drug-likeness (QED) is 0.835. The molecule has 1 unspecified atom stereocenters. The highest BCUT2D eigenvalue weighted by atomic mass is 79.9. The van der Waals surface area contributed by atoms with Gasteiger partial charge in [-0.2, -0.15) is 10.2 Å². The average molecular weight is 341 g/mol. The third-order valence-electron chi connectivity index (χ3n) is 2.61. The van der Waals surface area contributed by atoms with Crippen molar-refractivity contribution >= 4 is 27.5 Å². The lowest BCUT2D eigenvalue weighted by Crippen LogP contribution is -1.98. The van der Waals surface area contributed by atoms with Gasteiger partial charge in [-0.15, -0.1) is 0 Å². The van der Waals surface area contributed by atoms with Gasteiger partial charge in [0, 0.05) is 22.9 Å². The number of aromatic nitrogens is 2. The van der Waals surface area contributed by atoms with Gasteiger partial charge in [0.2, 0.25) is 11.7 Å². The van der Waals surface area contributed by atoms with Gasteiger partial charge in [-0.25, -0.2) is 0 Å². The Bertz CT molecular complexity index is 621. The van der Waals surface area contributed by atoms with Gasteiger partial charge >= 0.3 is 0 Å². The van der Waals surface area contributed by atoms with E-state index in [1.165, 1.54) is 0 Å². The summed E-state index contributed by atoms with van der Waals surface area (Å²) in [6, 6.07) is 7.58. The number of nitriles is 1. The Morgan fingerprint density at radius 3 is 3.00 bits per heavy atom. The van der Waals surface area contributed by atoms with Gasteiger partial charge in [0.15, 0.2) is 0 Å². The fourth-order valence-corrected chi connectivity index (χ4v) is 2.11. The molecule has 0 N–H and O–H groups in total. The molecule has 0 aliphatic rings. The Kier molecular flexibility index (Phi) is 4.56. The van der Waals surface area contributed by atoms with Gasteiger partial charge in [0.1, 0.15) is 0 Å². The number of hydrogen-bond acceptors (Lipinski definition) is 4. The van der Waals surface area contributed by atoms with Gasteiger partial charge in [-0.3, -0.25) is 0 Å². The molecule has 6 heteroatoms. The van der Waals surface area contributed by atoms with Crippen LogP contribution in [0.15, 0.2) is 27.2 Å². The van der Waals surface area contributed by atoms with Gasteiger partial charge in [0.25, 0.3) is 0 Å². The van der Waals surface area contributed by atoms with Crippen molar-refractivity contribution in [1.29, 1.82) is 5.26 Å². The molecule has 0 aliphatic heterocycles. The molecule has 2 rings (SSSR count). The van der Waals surface area contributed by atoms with Crippen molar-refractivity contribution in [2.75, 3.05) is 0 Å². The van der Waals surface area contributed by atoms with E-state index in [-0.39, 0.29) is 5.92 Å². The van der Waals surface area contributed by atoms with Crippen LogP contribution < -0.4 is 0 Å². The molecule has 19 heavy (non-hydrogen) atoms. The van der Waals surface area contributed by atoms with E-state index in [2.05, 4.69) is 32.1 Å². The van der Waals surface area contributed by atoms with Gasteiger partial charge in [0.05, 0.1) is 11.1 Å². The summed E-state index contributed by atoms with van der Waals surface area (Å²) in [4.78, 5) is 4.32. The molecule has 0 amide bonds. The molecule has 0 saturated carbocycles. The summed E-state index contributed by atoms with van der Waals surface area (Å²) in [6.45, 7) is 1.98. The first-order valence-corrected chi connectivity index (χ1v) is 6.92. The molecule has 0 aliphatic carbocycles. The van der Waals surface area contributed by atoms with Crippen molar-refractivity contribution in [2.24, 2.45) is 5.92 Å². The van der Waals surface area contributed by atoms with E-state index in [9.17, 15) is 0 Å². The zero-order chi connectivity index (χ0) is 13.8. The van der Waals surface area contributed by atoms with Crippen LogP contribution in [0.25, 0.3) is 11.4 Å². The van der Waals surface area contributed by atoms with Crippen LogP contribution in [-0.4, -0.2) is 10.1 Å². The van der Waals surface area contributed by atoms with Gasteiger partial charge < -0.3 is 4.52 Å². The molecule has 0 spiro atoms. The smallest absolute Gasteiger partial charge is 0.227 e. The molecule has 4 nitrogen and oxygen atoms in total. The highest BCUT2D eigenvalue weighted by molar-refractivity contribution is 9.10. The van der Waals surface area contributed by atoms with Crippen LogP contribution in [0.3, 0.4) is 0 Å². The van der Waals surface area contributed by atoms with E-state index in [4.69, 9.17) is 21.4 Å². The molecule has 0 fully saturated rings. The van der Waals surface area contributed by atoms with Crippen molar-refractivity contribution < 1.29 is 4.52 Å². The van der Waals surface area contributed by atoms with Crippen LogP contribution in [0.5, 0.6) is 0 Å². The molecular weight excluding hydrogens is 330 g/mol. The lowest BCUT2D eigenvalue weighted by atomic mass is 10.1. The van der Waals surface area contributed by atoms with Crippen LogP contribution in [0, 0.1) is 17.2 Å². The zero-order valence-electron chi connectivity index (χ0n) is 10.2. The first-order valence-electron chi connectivity index (χ1n) is 5.75. The lowest BCUT2D eigenvalue weighted by Gasteiger charge is -2.00. The van der Waals surface area contributed by atoms with Crippen LogP contribution in [-0.2, 0) is 6.42 Å². The Labute approximate surface area is 124 Å². The second-order valence-corrected chi connectivity index (χ2v) is 5.57. The molecule has 1 heterocycles. The molecule has 0 radical (unpaired) electrons. The molecule has 2 aromatic rings. The van der Waals surface area contributed by atoms with Crippen LogP contribution in [0.4, 0.5) is 0 Å². The van der Waals surface area contributed by atoms with E-state index in [0.717, 1.165) is 10.0 Å². The fraction of sp³-hybridized carbons (Fsp3) is 0.308. The third-order valence-corrected chi connectivity index (χ3v) is 3.82. The minimum atomic E-state index is 0.204. The average Bonchev–Trinajstić information content (AvgIpc) is 2.81. The van der Waals surface area contributed by atoms with Crippen molar-refractivity contribution in [1.82, 2.24) is 10.1 Å². The standard InChI is InChI=1S/C13H11BrClN3O/c1-8(4-5-16)6-12-17-13(18-19-12)9-2-3-11(15)10(14)7-9/h2-3,7-8H,4,6H2,1H3. The third kappa shape index (κ3) is 3.55. The molecule has 1 aromatic carbocycles. The summed E-state index contributed by atoms with van der Waals surface area (Å²) in [7, 11) is 0. The highest BCUT2D eigenvalue weighted by Crippen LogP contribution is 2.27. The molecular formula is C13H11BrClN3O. The molecule has 0 saturated heterocycles. The van der Waals surface area contributed by atoms with Crippen molar-refractivity contribution in [3.63, 3.8) is 0 Å². The van der Waals surface area contributed by atoms with E-state index < -0.39 is 0 Å². The topological polar surface area (TPSA) is 62.7 Å². The monoisotopic (exact) mass is 339 g/mol. The van der Waals surface area contributed by atoms with Crippen LogP contribution in [0.2, 0.25) is 5.02 Å². The summed E-state index contributed by atoms with van der Waals surface area (Å²) < 4.78 is 5.98. The maximum absolute atomic E-state index is 8.62. The SMILES string of the molecule is CC(CC#N)Cc1nc(-c2ccc(Cl)c(Br)c2)no1. The van der Waals surface area contributed by atoms with E-state index in [1.807, 2.05) is 19.1 Å². The minimum absolute atomic E-state index is 0.204. The molecule has 1 aromatic heterocycles. The zero-order valence-corrected chi connectivity index (χ0v) is 12.6. The molecule has 98 valence electrons. The number of halogens is 2. The van der Waals surface area contributed by atoms with Crippen LogP contribution in [0.1, 0.15) is 19.2 Å². The van der Waals surface area contributed by atoms with E-state index in [1.54, 1.807) is 6.07 Å². The fourth-order valence-electron chi connectivity index (χ4n) is 1.62. The Morgan fingerprint density at radius 1 is 1.53 bits per heavy atom. The van der Waals surface area contributed by atoms with Crippen LogP contribution >= 0.6 is 27.5 Å². The second kappa shape index (κ2) is 6.18. The van der Waals surface area contributed by atoms with Gasteiger partial charge in [-0.05, 0) is 40.0 Å². The predicted octanol–water partition coefficient (Wildman–Crippen LogP) is 4.24. The van der Waals surface area contributed by atoms with E-state index in [0.29, 0.717) is 29.6 Å². The summed E-state index contributed by atoms with van der Waals surface area (Å²) >= 11 is 9.29. The number of hydrogen-bond donors (Lipinski definition) is 0. The summed E-state index contributed by atoms with van der Waals surface area (Å²) in [5, 5.41) is 13.2. The lowest BCUT2D eigenvalue weighted by molar-refractivity contribution is 0.359. The minimum Gasteiger partial charge on any atom is -0.339 e.